The number of nitro benzene ring substituents is 1. The highest BCUT2D eigenvalue weighted by Crippen LogP contribution is 2.41. The van der Waals surface area contributed by atoms with E-state index in [-0.39, 0.29) is 22.2 Å². The number of hydrogen-bond acceptors (Lipinski definition) is 8. The average molecular weight is 494 g/mol. The fourth-order valence-electron chi connectivity index (χ4n) is 3.69. The van der Waals surface area contributed by atoms with Crippen molar-refractivity contribution < 1.29 is 22.8 Å². The lowest BCUT2D eigenvalue weighted by atomic mass is 9.91. The van der Waals surface area contributed by atoms with E-state index in [4.69, 9.17) is 27.4 Å². The topological polar surface area (TPSA) is 149 Å². The minimum absolute atomic E-state index is 0.0672. The summed E-state index contributed by atoms with van der Waals surface area (Å²) in [4.78, 5) is 10.3. The number of ether oxygens (including phenoxy) is 2. The molecule has 1 aliphatic heterocycles. The van der Waals surface area contributed by atoms with Gasteiger partial charge in [-0.25, -0.2) is 8.42 Å². The van der Waals surface area contributed by atoms with Gasteiger partial charge in [-0.2, -0.15) is 9.41 Å². The SMILES string of the molecule is COc1cc2c(cc1OC)C(/C(C)=N/NC(N)=S)N(S(=O)(=O)c1ccc([N+](=O)[O-])cc1)CC2. The van der Waals surface area contributed by atoms with Crippen molar-refractivity contribution in [2.45, 2.75) is 24.3 Å². The van der Waals surface area contributed by atoms with E-state index in [2.05, 4.69) is 10.5 Å². The van der Waals surface area contributed by atoms with E-state index in [0.717, 1.165) is 17.7 Å². The average Bonchev–Trinajstić information content (AvgIpc) is 2.80. The number of sulfonamides is 1. The van der Waals surface area contributed by atoms with Crippen LogP contribution < -0.4 is 20.6 Å². The zero-order valence-corrected chi connectivity index (χ0v) is 19.8. The fraction of sp³-hybridized carbons (Fsp3) is 0.300. The van der Waals surface area contributed by atoms with Gasteiger partial charge in [-0.1, -0.05) is 0 Å². The van der Waals surface area contributed by atoms with Crippen LogP contribution >= 0.6 is 12.2 Å². The monoisotopic (exact) mass is 493 g/mol. The van der Waals surface area contributed by atoms with Crippen molar-refractivity contribution in [3.8, 4) is 11.5 Å². The molecule has 0 aliphatic carbocycles. The molecule has 2 aromatic rings. The maximum absolute atomic E-state index is 13.6. The molecule has 3 rings (SSSR count). The van der Waals surface area contributed by atoms with Crippen molar-refractivity contribution in [2.75, 3.05) is 20.8 Å². The Bertz CT molecular complexity index is 1210. The standard InChI is InChI=1S/C20H23N5O6S2/c1-12(22-23-20(21)32)19-16-11-18(31-3)17(30-2)10-13(16)8-9-24(19)33(28,29)15-6-4-14(5-7-15)25(26)27/h4-7,10-11,19H,8-9H2,1-3H3,(H3,21,23,32)/b22-12+. The Morgan fingerprint density at radius 3 is 2.39 bits per heavy atom. The van der Waals surface area contributed by atoms with Gasteiger partial charge in [0.1, 0.15) is 0 Å². The van der Waals surface area contributed by atoms with Crippen molar-refractivity contribution in [3.05, 3.63) is 57.6 Å². The molecule has 0 aromatic heterocycles. The van der Waals surface area contributed by atoms with Crippen LogP contribution in [-0.4, -0.2) is 49.2 Å². The van der Waals surface area contributed by atoms with Gasteiger partial charge in [-0.15, -0.1) is 0 Å². The van der Waals surface area contributed by atoms with Crippen LogP contribution in [0.3, 0.4) is 0 Å². The van der Waals surface area contributed by atoms with E-state index < -0.39 is 21.0 Å². The maximum atomic E-state index is 13.6. The van der Waals surface area contributed by atoms with Crippen LogP contribution in [0.4, 0.5) is 5.69 Å². The summed E-state index contributed by atoms with van der Waals surface area (Å²) >= 11 is 4.81. The summed E-state index contributed by atoms with van der Waals surface area (Å²) in [5.74, 6) is 0.962. The van der Waals surface area contributed by atoms with Crippen molar-refractivity contribution >= 4 is 38.8 Å². The van der Waals surface area contributed by atoms with Gasteiger partial charge in [-0.3, -0.25) is 15.5 Å². The molecule has 1 unspecified atom stereocenters. The van der Waals surface area contributed by atoms with E-state index in [0.29, 0.717) is 29.2 Å². The molecular formula is C20H23N5O6S2. The summed E-state index contributed by atoms with van der Waals surface area (Å²) in [6.45, 7) is 1.80. The zero-order chi connectivity index (χ0) is 24.3. The first kappa shape index (κ1) is 24.4. The quantitative estimate of drug-likeness (QED) is 0.256. The van der Waals surface area contributed by atoms with Gasteiger partial charge in [0, 0.05) is 18.7 Å². The number of nitrogens with one attached hydrogen (secondary N) is 1. The number of fused-ring (bicyclic) bond motifs is 1. The summed E-state index contributed by atoms with van der Waals surface area (Å²) in [7, 11) is -1.04. The molecule has 0 fully saturated rings. The molecule has 2 aromatic carbocycles. The number of hydrogen-bond donors (Lipinski definition) is 2. The Kier molecular flexibility index (Phi) is 7.15. The van der Waals surface area contributed by atoms with Gasteiger partial charge in [0.25, 0.3) is 5.69 Å². The van der Waals surface area contributed by atoms with Crippen LogP contribution in [0.15, 0.2) is 46.4 Å². The van der Waals surface area contributed by atoms with Crippen LogP contribution in [0.25, 0.3) is 0 Å². The molecule has 1 aliphatic rings. The first-order valence-electron chi connectivity index (χ1n) is 9.70. The van der Waals surface area contributed by atoms with Gasteiger partial charge < -0.3 is 15.2 Å². The predicted octanol–water partition coefficient (Wildman–Crippen LogP) is 2.11. The summed E-state index contributed by atoms with van der Waals surface area (Å²) in [5, 5.41) is 15.1. The lowest BCUT2D eigenvalue weighted by Crippen LogP contribution is -2.43. The molecule has 13 heteroatoms. The Labute approximate surface area is 196 Å². The molecule has 0 spiro atoms. The van der Waals surface area contributed by atoms with Gasteiger partial charge >= 0.3 is 0 Å². The van der Waals surface area contributed by atoms with Crippen LogP contribution in [0.5, 0.6) is 11.5 Å². The molecule has 1 atom stereocenters. The van der Waals surface area contributed by atoms with Crippen LogP contribution in [-0.2, 0) is 16.4 Å². The molecule has 176 valence electrons. The fourth-order valence-corrected chi connectivity index (χ4v) is 5.37. The number of methoxy groups -OCH3 is 2. The predicted molar refractivity (Wildman–Crippen MR) is 126 cm³/mol. The summed E-state index contributed by atoms with van der Waals surface area (Å²) in [5.41, 5.74) is 9.71. The Balaban J connectivity index is 2.15. The van der Waals surface area contributed by atoms with Gasteiger partial charge in [-0.05, 0) is 61.0 Å². The molecule has 0 radical (unpaired) electrons. The molecular weight excluding hydrogens is 470 g/mol. The Morgan fingerprint density at radius 1 is 1.24 bits per heavy atom. The number of hydrazone groups is 1. The van der Waals surface area contributed by atoms with Crippen molar-refractivity contribution in [2.24, 2.45) is 10.8 Å². The highest BCUT2D eigenvalue weighted by atomic mass is 32.2. The molecule has 0 saturated heterocycles. The molecule has 0 amide bonds. The summed E-state index contributed by atoms with van der Waals surface area (Å²) in [6.07, 6.45) is 0.411. The normalized spacial score (nSPS) is 16.6. The van der Waals surface area contributed by atoms with E-state index in [1.165, 1.54) is 30.7 Å². The van der Waals surface area contributed by atoms with E-state index in [9.17, 15) is 18.5 Å². The number of non-ortho nitro benzene ring substituents is 1. The minimum Gasteiger partial charge on any atom is -0.493 e. The van der Waals surface area contributed by atoms with Crippen LogP contribution in [0.1, 0.15) is 24.1 Å². The third-order valence-corrected chi connectivity index (χ3v) is 7.19. The number of thiocarbonyl (C=S) groups is 1. The highest BCUT2D eigenvalue weighted by molar-refractivity contribution is 7.89. The van der Waals surface area contributed by atoms with Crippen molar-refractivity contribution in [3.63, 3.8) is 0 Å². The number of nitro groups is 1. The highest BCUT2D eigenvalue weighted by Gasteiger charge is 2.39. The molecule has 33 heavy (non-hydrogen) atoms. The van der Waals surface area contributed by atoms with Gasteiger partial charge in [0.2, 0.25) is 10.0 Å². The number of rotatable bonds is 7. The lowest BCUT2D eigenvalue weighted by Gasteiger charge is -2.36. The molecule has 11 nitrogen and oxygen atoms in total. The first-order chi connectivity index (χ1) is 15.6. The third kappa shape index (κ3) is 4.89. The Hall–Kier alpha value is -3.29. The largest absolute Gasteiger partial charge is 0.493 e. The van der Waals surface area contributed by atoms with E-state index in [1.807, 2.05) is 6.07 Å². The number of nitrogens with two attached hydrogens (primary N) is 1. The number of nitrogens with zero attached hydrogens (tertiary/aromatic N) is 3. The van der Waals surface area contributed by atoms with E-state index >= 15 is 0 Å². The number of benzene rings is 2. The van der Waals surface area contributed by atoms with Crippen LogP contribution in [0, 0.1) is 10.1 Å². The Morgan fingerprint density at radius 2 is 1.85 bits per heavy atom. The second-order valence-corrected chi connectivity index (χ2v) is 9.48. The van der Waals surface area contributed by atoms with E-state index in [1.54, 1.807) is 13.0 Å². The smallest absolute Gasteiger partial charge is 0.269 e. The van der Waals surface area contributed by atoms with Crippen LogP contribution in [0.2, 0.25) is 0 Å². The second kappa shape index (κ2) is 9.68. The van der Waals surface area contributed by atoms with Crippen molar-refractivity contribution in [1.29, 1.82) is 0 Å². The second-order valence-electron chi connectivity index (χ2n) is 7.15. The zero-order valence-electron chi connectivity index (χ0n) is 18.1. The summed E-state index contributed by atoms with van der Waals surface area (Å²) < 4.78 is 39.3. The molecule has 3 N–H and O–H groups in total. The lowest BCUT2D eigenvalue weighted by molar-refractivity contribution is -0.384. The molecule has 0 bridgehead atoms. The van der Waals surface area contributed by atoms with Gasteiger partial charge in [0.05, 0.1) is 35.8 Å². The first-order valence-corrected chi connectivity index (χ1v) is 11.6. The molecule has 1 heterocycles. The van der Waals surface area contributed by atoms with Crippen molar-refractivity contribution in [1.82, 2.24) is 9.73 Å². The molecule has 0 saturated carbocycles. The maximum Gasteiger partial charge on any atom is 0.269 e. The minimum atomic E-state index is -4.05. The summed E-state index contributed by atoms with van der Waals surface area (Å²) in [6, 6.07) is 7.46. The van der Waals surface area contributed by atoms with Gasteiger partial charge in [0.15, 0.2) is 16.6 Å². The third-order valence-electron chi connectivity index (χ3n) is 5.22.